The zero-order valence-electron chi connectivity index (χ0n) is 18.4. The third-order valence-corrected chi connectivity index (χ3v) is 6.27. The van der Waals surface area contributed by atoms with Crippen LogP contribution in [0.3, 0.4) is 0 Å². The van der Waals surface area contributed by atoms with Crippen LogP contribution in [0.15, 0.2) is 42.6 Å². The van der Waals surface area contributed by atoms with E-state index in [-0.39, 0.29) is 6.10 Å². The Bertz CT molecular complexity index is 1030. The van der Waals surface area contributed by atoms with E-state index in [4.69, 9.17) is 19.9 Å². The van der Waals surface area contributed by atoms with Crippen molar-refractivity contribution in [3.8, 4) is 22.9 Å². The quantitative estimate of drug-likeness (QED) is 0.608. The van der Waals surface area contributed by atoms with Crippen molar-refractivity contribution in [2.24, 2.45) is 5.73 Å². The maximum absolute atomic E-state index is 6.24. The molecule has 3 aromatic rings. The molecule has 32 heavy (non-hydrogen) atoms. The number of morpholine rings is 1. The van der Waals surface area contributed by atoms with Crippen molar-refractivity contribution in [1.82, 2.24) is 19.5 Å². The van der Waals surface area contributed by atoms with Crippen molar-refractivity contribution in [2.45, 2.75) is 37.8 Å². The molecule has 0 amide bonds. The van der Waals surface area contributed by atoms with Crippen molar-refractivity contribution < 1.29 is 14.2 Å². The number of nitrogens with zero attached hydrogens (tertiary/aromatic N) is 4. The number of pyridine rings is 1. The molecule has 0 radical (unpaired) electrons. The third-order valence-electron chi connectivity index (χ3n) is 6.27. The van der Waals surface area contributed by atoms with E-state index in [1.807, 2.05) is 47.0 Å². The molecule has 0 bridgehead atoms. The molecule has 2 N–H and O–H groups in total. The van der Waals surface area contributed by atoms with Gasteiger partial charge in [0.15, 0.2) is 11.5 Å². The molecule has 5 rings (SSSR count). The highest BCUT2D eigenvalue weighted by Gasteiger charge is 2.20. The summed E-state index contributed by atoms with van der Waals surface area (Å²) < 4.78 is 19.6. The van der Waals surface area contributed by atoms with E-state index in [9.17, 15) is 0 Å². The van der Waals surface area contributed by atoms with E-state index in [1.54, 1.807) is 0 Å². The van der Waals surface area contributed by atoms with E-state index < -0.39 is 0 Å². The number of aromatic nitrogens is 3. The lowest BCUT2D eigenvalue weighted by Gasteiger charge is -2.26. The normalized spacial score (nSPS) is 22.2. The molecule has 2 aliphatic rings. The monoisotopic (exact) mass is 437 g/mol. The van der Waals surface area contributed by atoms with Crippen LogP contribution in [0.2, 0.25) is 0 Å². The van der Waals surface area contributed by atoms with Crippen molar-refractivity contribution in [3.63, 3.8) is 0 Å². The maximum atomic E-state index is 6.24. The summed E-state index contributed by atoms with van der Waals surface area (Å²) in [4.78, 5) is 2.36. The Morgan fingerprint density at radius 2 is 1.84 bits per heavy atom. The molecule has 1 aliphatic carbocycles. The molecule has 8 nitrogen and oxygen atoms in total. The van der Waals surface area contributed by atoms with Gasteiger partial charge in [0, 0.05) is 31.2 Å². The van der Waals surface area contributed by atoms with Crippen LogP contribution in [-0.4, -0.2) is 71.1 Å². The molecule has 1 saturated carbocycles. The van der Waals surface area contributed by atoms with Crippen molar-refractivity contribution >= 4 is 5.65 Å². The first kappa shape index (κ1) is 21.2. The lowest BCUT2D eigenvalue weighted by Crippen LogP contribution is -2.38. The average molecular weight is 438 g/mol. The Morgan fingerprint density at radius 3 is 2.69 bits per heavy atom. The topological polar surface area (TPSA) is 87.1 Å². The van der Waals surface area contributed by atoms with Crippen LogP contribution in [0.1, 0.15) is 25.7 Å². The summed E-state index contributed by atoms with van der Waals surface area (Å²) in [5.74, 6) is 2.44. The molecule has 2 fully saturated rings. The van der Waals surface area contributed by atoms with Crippen LogP contribution in [0.4, 0.5) is 0 Å². The van der Waals surface area contributed by atoms with Gasteiger partial charge >= 0.3 is 0 Å². The van der Waals surface area contributed by atoms with E-state index in [0.29, 0.717) is 12.6 Å². The zero-order valence-corrected chi connectivity index (χ0v) is 18.4. The van der Waals surface area contributed by atoms with E-state index in [0.717, 1.165) is 87.1 Å². The Hall–Kier alpha value is -2.68. The standard InChI is InChI=1S/C24H31N5O3/c25-19-4-6-20(7-5-19)32-22-8-9-23-26-27-24(29(23)17-22)18-2-1-3-21(16-18)31-15-12-28-10-13-30-14-11-28/h1-3,8-9,16-17,19-20H,4-7,10-15,25H2/t19-,20-. The molecule has 0 spiro atoms. The van der Waals surface area contributed by atoms with Crippen LogP contribution in [0.5, 0.6) is 11.5 Å². The molecular formula is C24H31N5O3. The van der Waals surface area contributed by atoms with Gasteiger partial charge in [-0.2, -0.15) is 0 Å². The molecule has 1 aliphatic heterocycles. The molecule has 170 valence electrons. The van der Waals surface area contributed by atoms with Gasteiger partial charge in [0.05, 0.1) is 25.5 Å². The highest BCUT2D eigenvalue weighted by Crippen LogP contribution is 2.27. The van der Waals surface area contributed by atoms with E-state index in [2.05, 4.69) is 15.1 Å². The summed E-state index contributed by atoms with van der Waals surface area (Å²) in [6.45, 7) is 5.08. The summed E-state index contributed by atoms with van der Waals surface area (Å²) in [6, 6.07) is 12.2. The fourth-order valence-electron chi connectivity index (χ4n) is 4.38. The number of hydrogen-bond donors (Lipinski definition) is 1. The number of fused-ring (bicyclic) bond motifs is 1. The summed E-state index contributed by atoms with van der Waals surface area (Å²) >= 11 is 0. The van der Waals surface area contributed by atoms with Gasteiger partial charge in [-0.15, -0.1) is 10.2 Å². The minimum absolute atomic E-state index is 0.218. The number of benzene rings is 1. The Morgan fingerprint density at radius 1 is 1.00 bits per heavy atom. The Labute approximate surface area is 188 Å². The van der Waals surface area contributed by atoms with E-state index >= 15 is 0 Å². The van der Waals surface area contributed by atoms with Gasteiger partial charge in [0.1, 0.15) is 18.1 Å². The van der Waals surface area contributed by atoms with Gasteiger partial charge in [-0.1, -0.05) is 12.1 Å². The Balaban J connectivity index is 1.28. The molecule has 2 aromatic heterocycles. The van der Waals surface area contributed by atoms with Crippen LogP contribution < -0.4 is 15.2 Å². The number of ether oxygens (including phenoxy) is 3. The van der Waals surface area contributed by atoms with Gasteiger partial charge < -0.3 is 19.9 Å². The predicted molar refractivity (Wildman–Crippen MR) is 122 cm³/mol. The second-order valence-electron chi connectivity index (χ2n) is 8.60. The number of nitrogens with two attached hydrogens (primary N) is 1. The molecule has 1 aromatic carbocycles. The Kier molecular flexibility index (Phi) is 6.52. The third kappa shape index (κ3) is 5.03. The lowest BCUT2D eigenvalue weighted by atomic mass is 9.94. The first-order valence-corrected chi connectivity index (χ1v) is 11.5. The van der Waals surface area contributed by atoms with Gasteiger partial charge in [-0.25, -0.2) is 0 Å². The fraction of sp³-hybridized carbons (Fsp3) is 0.500. The highest BCUT2D eigenvalue weighted by molar-refractivity contribution is 5.61. The minimum Gasteiger partial charge on any atom is -0.492 e. The molecule has 8 heteroatoms. The molecule has 1 saturated heterocycles. The maximum Gasteiger partial charge on any atom is 0.168 e. The largest absolute Gasteiger partial charge is 0.492 e. The second kappa shape index (κ2) is 9.85. The first-order chi connectivity index (χ1) is 15.7. The number of rotatable bonds is 7. The van der Waals surface area contributed by atoms with Crippen LogP contribution in [-0.2, 0) is 4.74 Å². The predicted octanol–water partition coefficient (Wildman–Crippen LogP) is 2.76. The molecule has 0 atom stereocenters. The fourth-order valence-corrected chi connectivity index (χ4v) is 4.38. The molecule has 3 heterocycles. The van der Waals surface area contributed by atoms with Gasteiger partial charge in [0.25, 0.3) is 0 Å². The smallest absolute Gasteiger partial charge is 0.168 e. The van der Waals surface area contributed by atoms with Crippen LogP contribution >= 0.6 is 0 Å². The highest BCUT2D eigenvalue weighted by atomic mass is 16.5. The van der Waals surface area contributed by atoms with Crippen molar-refractivity contribution in [2.75, 3.05) is 39.5 Å². The van der Waals surface area contributed by atoms with Crippen molar-refractivity contribution in [3.05, 3.63) is 42.6 Å². The van der Waals surface area contributed by atoms with E-state index in [1.165, 1.54) is 0 Å². The zero-order chi connectivity index (χ0) is 21.8. The molecular weight excluding hydrogens is 406 g/mol. The summed E-state index contributed by atoms with van der Waals surface area (Å²) in [7, 11) is 0. The van der Waals surface area contributed by atoms with Crippen LogP contribution in [0, 0.1) is 0 Å². The first-order valence-electron chi connectivity index (χ1n) is 11.5. The summed E-state index contributed by atoms with van der Waals surface area (Å²) in [6.07, 6.45) is 6.23. The van der Waals surface area contributed by atoms with Gasteiger partial charge in [0.2, 0.25) is 0 Å². The average Bonchev–Trinajstić information content (AvgIpc) is 3.25. The number of hydrogen-bond acceptors (Lipinski definition) is 7. The van der Waals surface area contributed by atoms with Crippen LogP contribution in [0.25, 0.3) is 17.0 Å². The van der Waals surface area contributed by atoms with Crippen molar-refractivity contribution in [1.29, 1.82) is 0 Å². The van der Waals surface area contributed by atoms with Gasteiger partial charge in [-0.3, -0.25) is 9.30 Å². The lowest BCUT2D eigenvalue weighted by molar-refractivity contribution is 0.0322. The summed E-state index contributed by atoms with van der Waals surface area (Å²) in [5.41, 5.74) is 7.77. The van der Waals surface area contributed by atoms with Gasteiger partial charge in [-0.05, 0) is 49.9 Å². The SMILES string of the molecule is N[C@H]1CC[C@H](Oc2ccc3nnc(-c4cccc(OCCN5CCOCC5)c4)n3c2)CC1. The summed E-state index contributed by atoms with van der Waals surface area (Å²) in [5, 5.41) is 8.75. The second-order valence-corrected chi connectivity index (χ2v) is 8.60. The molecule has 0 unspecified atom stereocenters. The minimum atomic E-state index is 0.218.